The molecule has 19 heavy (non-hydrogen) atoms. The Labute approximate surface area is 112 Å². The molecule has 1 unspecified atom stereocenters. The predicted octanol–water partition coefficient (Wildman–Crippen LogP) is 2.37. The van der Waals surface area contributed by atoms with Crippen molar-refractivity contribution < 1.29 is 5.11 Å². The molecule has 98 valence electrons. The van der Waals surface area contributed by atoms with Crippen LogP contribution in [-0.2, 0) is 6.54 Å². The van der Waals surface area contributed by atoms with Gasteiger partial charge in [0.05, 0.1) is 0 Å². The highest BCUT2D eigenvalue weighted by atomic mass is 16.3. The summed E-state index contributed by atoms with van der Waals surface area (Å²) in [4.78, 5) is 8.57. The first-order valence-electron chi connectivity index (χ1n) is 6.31. The molecule has 4 nitrogen and oxygen atoms in total. The molecule has 0 bridgehead atoms. The van der Waals surface area contributed by atoms with Gasteiger partial charge in [-0.1, -0.05) is 0 Å². The number of pyridine rings is 1. The second-order valence-corrected chi connectivity index (χ2v) is 4.99. The van der Waals surface area contributed by atoms with Gasteiger partial charge in [0.2, 0.25) is 0 Å². The Kier molecular flexibility index (Phi) is 2.87. The molecule has 0 saturated heterocycles. The van der Waals surface area contributed by atoms with E-state index in [1.54, 1.807) is 6.07 Å². The van der Waals surface area contributed by atoms with E-state index < -0.39 is 0 Å². The number of rotatable bonds is 1. The second kappa shape index (κ2) is 4.55. The van der Waals surface area contributed by atoms with Crippen LogP contribution in [0, 0.1) is 0 Å². The lowest BCUT2D eigenvalue weighted by atomic mass is 10.0. The number of aromatic hydroxyl groups is 1. The molecule has 0 aliphatic carbocycles. The van der Waals surface area contributed by atoms with E-state index >= 15 is 0 Å². The maximum Gasteiger partial charge on any atom is 0.116 e. The van der Waals surface area contributed by atoms with Crippen molar-refractivity contribution in [2.24, 2.45) is 0 Å². The summed E-state index contributed by atoms with van der Waals surface area (Å²) in [5.74, 6) is 0.322. The van der Waals surface area contributed by atoms with E-state index in [1.165, 1.54) is 5.56 Å². The molecular weight excluding hydrogens is 238 g/mol. The summed E-state index contributed by atoms with van der Waals surface area (Å²) in [6.07, 6.45) is 3.84. The van der Waals surface area contributed by atoms with Gasteiger partial charge in [0.1, 0.15) is 11.9 Å². The number of hydrogen-bond acceptors (Lipinski definition) is 4. The summed E-state index contributed by atoms with van der Waals surface area (Å²) in [6, 6.07) is 9.65. The number of nitrogens with zero attached hydrogens (tertiary/aromatic N) is 3. The van der Waals surface area contributed by atoms with E-state index in [2.05, 4.69) is 28.9 Å². The smallest absolute Gasteiger partial charge is 0.116 e. The monoisotopic (exact) mass is 255 g/mol. The minimum atomic E-state index is 0.194. The summed E-state index contributed by atoms with van der Waals surface area (Å²) < 4.78 is 0. The van der Waals surface area contributed by atoms with Gasteiger partial charge < -0.3 is 10.0 Å². The van der Waals surface area contributed by atoms with Crippen LogP contribution in [0.3, 0.4) is 0 Å². The molecule has 1 aromatic carbocycles. The average molecular weight is 255 g/mol. The highest BCUT2D eigenvalue weighted by molar-refractivity contribution is 5.58. The Hall–Kier alpha value is -2.07. The first kappa shape index (κ1) is 12.0. The van der Waals surface area contributed by atoms with Gasteiger partial charge in [-0.3, -0.25) is 9.88 Å². The van der Waals surface area contributed by atoms with Gasteiger partial charge in [-0.25, -0.2) is 0 Å². The summed E-state index contributed by atoms with van der Waals surface area (Å²) in [7, 11) is 4.17. The molecule has 1 aliphatic heterocycles. The van der Waals surface area contributed by atoms with Crippen LogP contribution < -0.4 is 4.90 Å². The van der Waals surface area contributed by atoms with Gasteiger partial charge in [-0.2, -0.15) is 0 Å². The number of benzene rings is 1. The average Bonchev–Trinajstić information content (AvgIpc) is 2.39. The first-order valence-corrected chi connectivity index (χ1v) is 6.31. The first-order chi connectivity index (χ1) is 9.16. The molecule has 1 N–H and O–H groups in total. The third-order valence-electron chi connectivity index (χ3n) is 3.65. The van der Waals surface area contributed by atoms with Crippen LogP contribution in [-0.4, -0.2) is 29.1 Å². The standard InChI is InChI=1S/C15H17N3O/c1-17-10-12-9-13(19)3-4-14(12)18(2)15(17)11-5-7-16-8-6-11/h3-9,15,19H,10H2,1-2H3. The molecule has 4 heteroatoms. The fourth-order valence-corrected chi connectivity index (χ4v) is 2.84. The molecule has 0 spiro atoms. The Morgan fingerprint density at radius 2 is 1.89 bits per heavy atom. The Morgan fingerprint density at radius 1 is 1.16 bits per heavy atom. The van der Waals surface area contributed by atoms with Gasteiger partial charge in [0.15, 0.2) is 0 Å². The second-order valence-electron chi connectivity index (χ2n) is 4.99. The summed E-state index contributed by atoms with van der Waals surface area (Å²) in [6.45, 7) is 0.820. The van der Waals surface area contributed by atoms with Crippen molar-refractivity contribution in [3.63, 3.8) is 0 Å². The van der Waals surface area contributed by atoms with Crippen molar-refractivity contribution in [1.82, 2.24) is 9.88 Å². The minimum absolute atomic E-state index is 0.194. The topological polar surface area (TPSA) is 39.6 Å². The number of aromatic nitrogens is 1. The van der Waals surface area contributed by atoms with Crippen LogP contribution in [0.1, 0.15) is 17.3 Å². The zero-order chi connectivity index (χ0) is 13.4. The summed E-state index contributed by atoms with van der Waals surface area (Å²) in [5.41, 5.74) is 3.53. The number of fused-ring (bicyclic) bond motifs is 1. The van der Waals surface area contributed by atoms with Crippen molar-refractivity contribution in [1.29, 1.82) is 0 Å². The zero-order valence-corrected chi connectivity index (χ0v) is 11.1. The molecule has 0 fully saturated rings. The van der Waals surface area contributed by atoms with E-state index in [9.17, 15) is 5.11 Å². The lowest BCUT2D eigenvalue weighted by molar-refractivity contribution is 0.220. The van der Waals surface area contributed by atoms with E-state index in [-0.39, 0.29) is 6.17 Å². The van der Waals surface area contributed by atoms with Gasteiger partial charge in [0, 0.05) is 31.7 Å². The molecule has 0 saturated carbocycles. The Morgan fingerprint density at radius 3 is 2.63 bits per heavy atom. The number of phenolic OH excluding ortho intramolecular Hbond substituents is 1. The number of anilines is 1. The van der Waals surface area contributed by atoms with Crippen LogP contribution in [0.5, 0.6) is 5.75 Å². The fraction of sp³-hybridized carbons (Fsp3) is 0.267. The van der Waals surface area contributed by atoms with Crippen molar-refractivity contribution in [3.8, 4) is 5.75 Å². The normalized spacial score (nSPS) is 19.3. The van der Waals surface area contributed by atoms with Crippen molar-refractivity contribution in [2.45, 2.75) is 12.7 Å². The molecular formula is C15H17N3O. The van der Waals surface area contributed by atoms with Crippen molar-refractivity contribution in [2.75, 3.05) is 19.0 Å². The molecule has 2 aromatic rings. The molecule has 3 rings (SSSR count). The van der Waals surface area contributed by atoms with Crippen LogP contribution in [0.25, 0.3) is 0 Å². The number of phenols is 1. The minimum Gasteiger partial charge on any atom is -0.508 e. The van der Waals surface area contributed by atoms with Gasteiger partial charge in [-0.05, 0) is 48.5 Å². The Bertz CT molecular complexity index is 585. The highest BCUT2D eigenvalue weighted by Gasteiger charge is 2.28. The quantitative estimate of drug-likeness (QED) is 0.849. The third kappa shape index (κ3) is 2.04. The Balaban J connectivity index is 2.03. The molecule has 2 heterocycles. The fourth-order valence-electron chi connectivity index (χ4n) is 2.84. The highest BCUT2D eigenvalue weighted by Crippen LogP contribution is 2.37. The SMILES string of the molecule is CN1Cc2cc(O)ccc2N(C)C1c1ccncc1. The lowest BCUT2D eigenvalue weighted by Gasteiger charge is -2.42. The van der Waals surface area contributed by atoms with E-state index in [4.69, 9.17) is 0 Å². The zero-order valence-electron chi connectivity index (χ0n) is 11.1. The predicted molar refractivity (Wildman–Crippen MR) is 75.0 cm³/mol. The van der Waals surface area contributed by atoms with Crippen LogP contribution in [0.2, 0.25) is 0 Å². The van der Waals surface area contributed by atoms with Crippen LogP contribution in [0.15, 0.2) is 42.7 Å². The van der Waals surface area contributed by atoms with E-state index in [1.807, 2.05) is 36.7 Å². The van der Waals surface area contributed by atoms with Gasteiger partial charge in [0.25, 0.3) is 0 Å². The maximum atomic E-state index is 9.60. The summed E-state index contributed by atoms with van der Waals surface area (Å²) in [5, 5.41) is 9.60. The third-order valence-corrected chi connectivity index (χ3v) is 3.65. The van der Waals surface area contributed by atoms with E-state index in [0.717, 1.165) is 17.8 Å². The lowest BCUT2D eigenvalue weighted by Crippen LogP contribution is -2.41. The number of hydrogen-bond donors (Lipinski definition) is 1. The van der Waals surface area contributed by atoms with Gasteiger partial charge >= 0.3 is 0 Å². The molecule has 0 radical (unpaired) electrons. The molecule has 0 amide bonds. The summed E-state index contributed by atoms with van der Waals surface area (Å²) >= 11 is 0. The molecule has 1 aliphatic rings. The van der Waals surface area contributed by atoms with Crippen molar-refractivity contribution >= 4 is 5.69 Å². The van der Waals surface area contributed by atoms with Crippen LogP contribution >= 0.6 is 0 Å². The van der Waals surface area contributed by atoms with Gasteiger partial charge in [-0.15, -0.1) is 0 Å². The largest absolute Gasteiger partial charge is 0.508 e. The molecule has 1 atom stereocenters. The molecule has 1 aromatic heterocycles. The van der Waals surface area contributed by atoms with Crippen LogP contribution in [0.4, 0.5) is 5.69 Å². The maximum absolute atomic E-state index is 9.60. The van der Waals surface area contributed by atoms with E-state index in [0.29, 0.717) is 5.75 Å². The van der Waals surface area contributed by atoms with Crippen molar-refractivity contribution in [3.05, 3.63) is 53.9 Å².